The molecule has 1 amide bonds. The summed E-state index contributed by atoms with van der Waals surface area (Å²) in [5, 5.41) is 9.32. The number of nitriles is 1. The minimum Gasteiger partial charge on any atom is -0.443 e. The number of rotatable bonds is 4. The van der Waals surface area contributed by atoms with E-state index in [1.54, 1.807) is 45.3 Å². The van der Waals surface area contributed by atoms with Gasteiger partial charge in [0, 0.05) is 24.2 Å². The summed E-state index contributed by atoms with van der Waals surface area (Å²) in [6.45, 7) is 5.41. The minimum absolute atomic E-state index is 0.283. The van der Waals surface area contributed by atoms with Crippen LogP contribution < -0.4 is 4.90 Å². The third-order valence-corrected chi connectivity index (χ3v) is 4.75. The maximum Gasteiger partial charge on any atom is 0.421 e. The van der Waals surface area contributed by atoms with E-state index in [4.69, 9.17) is 9.72 Å². The molecule has 31 heavy (non-hydrogen) atoms. The van der Waals surface area contributed by atoms with Crippen LogP contribution in [-0.4, -0.2) is 26.6 Å². The van der Waals surface area contributed by atoms with Crippen molar-refractivity contribution in [2.24, 2.45) is 0 Å². The number of ether oxygens (including phenoxy) is 1. The number of pyridine rings is 3. The minimum atomic E-state index is -0.706. The molecule has 3 aromatic heterocycles. The van der Waals surface area contributed by atoms with Crippen molar-refractivity contribution in [3.05, 3.63) is 66.1 Å². The van der Waals surface area contributed by atoms with Gasteiger partial charge in [0.2, 0.25) is 0 Å². The van der Waals surface area contributed by atoms with Crippen molar-refractivity contribution >= 4 is 17.7 Å². The number of carbonyl (C=O) groups is 1. The van der Waals surface area contributed by atoms with Gasteiger partial charge in [0.1, 0.15) is 17.2 Å². The SMILES string of the molecule is CC(C)(C)OC(=O)N(c1cc(C#N)ccn1)c1cc(C2CC2)cc(-c2cccnc2)n1. The molecule has 1 aliphatic rings. The molecule has 4 rings (SSSR count). The Kier molecular flexibility index (Phi) is 5.38. The molecule has 0 spiro atoms. The molecule has 1 aliphatic carbocycles. The average Bonchev–Trinajstić information content (AvgIpc) is 3.59. The standard InChI is InChI=1S/C24H23N5O2/c1-24(2,3)31-23(30)29(21-11-16(14-25)8-10-27-21)22-13-19(17-6-7-17)12-20(28-22)18-5-4-9-26-15-18/h4-5,8-13,15,17H,6-7H2,1-3H3. The van der Waals surface area contributed by atoms with Gasteiger partial charge in [-0.15, -0.1) is 0 Å². The molecule has 1 fully saturated rings. The van der Waals surface area contributed by atoms with Crippen molar-refractivity contribution in [1.82, 2.24) is 15.0 Å². The van der Waals surface area contributed by atoms with Crippen molar-refractivity contribution < 1.29 is 9.53 Å². The van der Waals surface area contributed by atoms with Gasteiger partial charge < -0.3 is 4.74 Å². The maximum absolute atomic E-state index is 13.2. The van der Waals surface area contributed by atoms with Gasteiger partial charge >= 0.3 is 6.09 Å². The molecule has 0 radical (unpaired) electrons. The van der Waals surface area contributed by atoms with Crippen molar-refractivity contribution in [2.75, 3.05) is 4.90 Å². The fourth-order valence-electron chi connectivity index (χ4n) is 3.19. The molecule has 0 aromatic carbocycles. The molecule has 1 saturated carbocycles. The molecule has 0 atom stereocenters. The zero-order valence-corrected chi connectivity index (χ0v) is 17.7. The van der Waals surface area contributed by atoms with E-state index in [-0.39, 0.29) is 5.82 Å². The molecule has 7 heteroatoms. The van der Waals surface area contributed by atoms with Crippen LogP contribution in [-0.2, 0) is 4.74 Å². The second kappa shape index (κ2) is 8.15. The van der Waals surface area contributed by atoms with E-state index < -0.39 is 11.7 Å². The molecular formula is C24H23N5O2. The smallest absolute Gasteiger partial charge is 0.421 e. The van der Waals surface area contributed by atoms with E-state index in [0.29, 0.717) is 17.3 Å². The number of aromatic nitrogens is 3. The fraction of sp³-hybridized carbons (Fsp3) is 0.292. The molecule has 3 heterocycles. The Labute approximate surface area is 181 Å². The van der Waals surface area contributed by atoms with Gasteiger partial charge in [-0.3, -0.25) is 4.98 Å². The number of amides is 1. The van der Waals surface area contributed by atoms with Gasteiger partial charge in [-0.05, 0) is 81.5 Å². The summed E-state index contributed by atoms with van der Waals surface area (Å²) < 4.78 is 5.66. The lowest BCUT2D eigenvalue weighted by molar-refractivity contribution is 0.0597. The fourth-order valence-corrected chi connectivity index (χ4v) is 3.19. The van der Waals surface area contributed by atoms with Crippen LogP contribution >= 0.6 is 0 Å². The van der Waals surface area contributed by atoms with Crippen molar-refractivity contribution in [1.29, 1.82) is 5.26 Å². The Hall–Kier alpha value is -3.79. The number of nitrogens with zero attached hydrogens (tertiary/aromatic N) is 5. The third kappa shape index (κ3) is 4.86. The van der Waals surface area contributed by atoms with Crippen molar-refractivity contribution in [2.45, 2.75) is 45.1 Å². The molecule has 0 aliphatic heterocycles. The van der Waals surface area contributed by atoms with Crippen LogP contribution in [0.25, 0.3) is 11.3 Å². The summed E-state index contributed by atoms with van der Waals surface area (Å²) in [4.78, 5) is 27.8. The molecule has 3 aromatic rings. The summed E-state index contributed by atoms with van der Waals surface area (Å²) in [5.74, 6) is 1.13. The average molecular weight is 413 g/mol. The lowest BCUT2D eigenvalue weighted by Crippen LogP contribution is -2.35. The molecule has 0 saturated heterocycles. The van der Waals surface area contributed by atoms with Gasteiger partial charge in [-0.2, -0.15) is 5.26 Å². The van der Waals surface area contributed by atoms with E-state index in [1.165, 1.54) is 11.1 Å². The Morgan fingerprint density at radius 3 is 2.61 bits per heavy atom. The first-order chi connectivity index (χ1) is 14.8. The van der Waals surface area contributed by atoms with E-state index in [9.17, 15) is 10.1 Å². The highest BCUT2D eigenvalue weighted by Gasteiger charge is 2.30. The van der Waals surface area contributed by atoms with E-state index in [1.807, 2.05) is 24.3 Å². The second-order valence-electron chi connectivity index (χ2n) is 8.49. The Balaban J connectivity index is 1.86. The maximum atomic E-state index is 13.2. The van der Waals surface area contributed by atoms with Gasteiger partial charge in [-0.1, -0.05) is 0 Å². The Morgan fingerprint density at radius 1 is 1.16 bits per heavy atom. The highest BCUT2D eigenvalue weighted by Crippen LogP contribution is 2.42. The highest BCUT2D eigenvalue weighted by atomic mass is 16.6. The Bertz CT molecular complexity index is 1140. The van der Waals surface area contributed by atoms with Gasteiger partial charge in [-0.25, -0.2) is 19.7 Å². The monoisotopic (exact) mass is 413 g/mol. The van der Waals surface area contributed by atoms with Crippen molar-refractivity contribution in [3.8, 4) is 17.3 Å². The normalized spacial score (nSPS) is 13.4. The Morgan fingerprint density at radius 2 is 1.97 bits per heavy atom. The zero-order valence-electron chi connectivity index (χ0n) is 17.7. The number of hydrogen-bond donors (Lipinski definition) is 0. The van der Waals surface area contributed by atoms with Crippen LogP contribution in [0.3, 0.4) is 0 Å². The summed E-state index contributed by atoms with van der Waals surface area (Å²) in [7, 11) is 0. The summed E-state index contributed by atoms with van der Waals surface area (Å²) in [6.07, 6.45) is 6.55. The van der Waals surface area contributed by atoms with Crippen LogP contribution in [0.1, 0.15) is 50.7 Å². The summed E-state index contributed by atoms with van der Waals surface area (Å²) in [6, 6.07) is 13.0. The lowest BCUT2D eigenvalue weighted by atomic mass is 10.1. The molecule has 156 valence electrons. The topological polar surface area (TPSA) is 92.0 Å². The molecule has 7 nitrogen and oxygen atoms in total. The summed E-state index contributed by atoms with van der Waals surface area (Å²) in [5.41, 5.74) is 2.37. The first kappa shape index (κ1) is 20.5. The quantitative estimate of drug-likeness (QED) is 0.572. The van der Waals surface area contributed by atoms with Crippen LogP contribution in [0.5, 0.6) is 0 Å². The predicted molar refractivity (Wildman–Crippen MR) is 117 cm³/mol. The molecule has 0 N–H and O–H groups in total. The largest absolute Gasteiger partial charge is 0.443 e. The third-order valence-electron chi connectivity index (χ3n) is 4.75. The lowest BCUT2D eigenvalue weighted by Gasteiger charge is -2.27. The number of anilines is 2. The zero-order chi connectivity index (χ0) is 22.0. The number of hydrogen-bond acceptors (Lipinski definition) is 6. The molecular weight excluding hydrogens is 390 g/mol. The van der Waals surface area contributed by atoms with Gasteiger partial charge in [0.15, 0.2) is 0 Å². The van der Waals surface area contributed by atoms with Crippen LogP contribution in [0.4, 0.5) is 16.4 Å². The van der Waals surface area contributed by atoms with E-state index in [0.717, 1.165) is 29.7 Å². The molecule has 0 bridgehead atoms. The first-order valence-electron chi connectivity index (χ1n) is 10.2. The van der Waals surface area contributed by atoms with Crippen LogP contribution in [0.15, 0.2) is 55.0 Å². The van der Waals surface area contributed by atoms with Crippen LogP contribution in [0.2, 0.25) is 0 Å². The highest BCUT2D eigenvalue weighted by molar-refractivity contribution is 5.94. The van der Waals surface area contributed by atoms with Gasteiger partial charge in [0.25, 0.3) is 0 Å². The van der Waals surface area contributed by atoms with Gasteiger partial charge in [0.05, 0.1) is 17.3 Å². The van der Waals surface area contributed by atoms with Crippen molar-refractivity contribution in [3.63, 3.8) is 0 Å². The number of carbonyl (C=O) groups excluding carboxylic acids is 1. The van der Waals surface area contributed by atoms with E-state index >= 15 is 0 Å². The van der Waals surface area contributed by atoms with Crippen LogP contribution in [0, 0.1) is 11.3 Å². The first-order valence-corrected chi connectivity index (χ1v) is 10.2. The second-order valence-corrected chi connectivity index (χ2v) is 8.49. The predicted octanol–water partition coefficient (Wildman–Crippen LogP) is 5.36. The summed E-state index contributed by atoms with van der Waals surface area (Å²) >= 11 is 0. The van der Waals surface area contributed by atoms with E-state index in [2.05, 4.69) is 16.0 Å². The molecule has 0 unspecified atom stereocenters.